The Labute approximate surface area is 228 Å². The van der Waals surface area contributed by atoms with Gasteiger partial charge in [0, 0.05) is 24.5 Å². The molecule has 12 unspecified atom stereocenters. The molecule has 0 aromatic heterocycles. The normalized spacial score (nSPS) is 53.7. The molecule has 5 fully saturated rings. The fourth-order valence-corrected chi connectivity index (χ4v) is 7.75. The van der Waals surface area contributed by atoms with E-state index < -0.39 is 58.7 Å². The number of esters is 2. The summed E-state index contributed by atoms with van der Waals surface area (Å²) in [4.78, 5) is 26.2. The van der Waals surface area contributed by atoms with Crippen LogP contribution in [-0.2, 0) is 38.0 Å². The Morgan fingerprint density at radius 3 is 2.56 bits per heavy atom. The van der Waals surface area contributed by atoms with Crippen molar-refractivity contribution in [2.75, 3.05) is 19.8 Å². The Morgan fingerprint density at radius 1 is 1.08 bits per heavy atom. The summed E-state index contributed by atoms with van der Waals surface area (Å²) >= 11 is 0. The van der Waals surface area contributed by atoms with Crippen molar-refractivity contribution in [1.29, 1.82) is 0 Å². The van der Waals surface area contributed by atoms with Crippen molar-refractivity contribution in [3.63, 3.8) is 0 Å². The third-order valence-electron chi connectivity index (χ3n) is 10.6. The first-order valence-corrected chi connectivity index (χ1v) is 14.1. The molecular formula is C29H40O10. The zero-order valence-corrected chi connectivity index (χ0v) is 23.0. The summed E-state index contributed by atoms with van der Waals surface area (Å²) in [5, 5.41) is 20.9. The number of hydrogen-bond acceptors (Lipinski definition) is 10. The zero-order valence-electron chi connectivity index (χ0n) is 23.0. The molecular weight excluding hydrogens is 508 g/mol. The summed E-state index contributed by atoms with van der Waals surface area (Å²) < 4.78 is 36.8. The lowest BCUT2D eigenvalue weighted by atomic mass is 9.50. The highest BCUT2D eigenvalue weighted by atomic mass is 16.7. The van der Waals surface area contributed by atoms with Crippen molar-refractivity contribution < 1.29 is 48.2 Å². The fourth-order valence-electron chi connectivity index (χ4n) is 7.75. The average Bonchev–Trinajstić information content (AvgIpc) is 3.80. The lowest BCUT2D eigenvalue weighted by molar-refractivity contribution is -0.252. The van der Waals surface area contributed by atoms with E-state index in [9.17, 15) is 19.8 Å². The van der Waals surface area contributed by atoms with Crippen LogP contribution in [0.5, 0.6) is 0 Å². The number of aliphatic hydroxyl groups is 2. The number of rotatable bonds is 1. The van der Waals surface area contributed by atoms with Gasteiger partial charge < -0.3 is 38.6 Å². The molecule has 216 valence electrons. The van der Waals surface area contributed by atoms with Crippen LogP contribution >= 0.6 is 0 Å². The van der Waals surface area contributed by atoms with Crippen molar-refractivity contribution in [3.8, 4) is 0 Å². The molecule has 4 heterocycles. The Kier molecular flexibility index (Phi) is 6.56. The number of ether oxygens (including phenoxy) is 6. The molecule has 39 heavy (non-hydrogen) atoms. The van der Waals surface area contributed by atoms with E-state index in [-0.39, 0.29) is 37.1 Å². The number of hydrogen-bond donors (Lipinski definition) is 2. The van der Waals surface area contributed by atoms with E-state index in [1.54, 1.807) is 32.1 Å². The number of allylic oxidation sites excluding steroid dienone is 2. The lowest BCUT2D eigenvalue weighted by Gasteiger charge is -2.58. The standard InChI is InChI=1S/C29H40O10/c1-16-9-12-34-18(17(2)30)7-5-6-8-21(31)37-19-13-20-29(15-36-29)27(19,4)28(14-35-25(33)22(16)32)11-10-26(3)23(39-26)24(28)38-20/h5-8,16-20,22-24,30,32H,9-15H2,1-4H3/b7-5+,8-6+. The van der Waals surface area contributed by atoms with Gasteiger partial charge in [-0.05, 0) is 39.0 Å². The van der Waals surface area contributed by atoms with Crippen molar-refractivity contribution in [2.45, 2.75) is 107 Å². The number of carbonyl (C=O) groups excluding carboxylic acids is 2. The summed E-state index contributed by atoms with van der Waals surface area (Å²) in [6, 6.07) is 0. The molecule has 2 saturated carbocycles. The third kappa shape index (κ3) is 4.05. The molecule has 0 aromatic rings. The predicted molar refractivity (Wildman–Crippen MR) is 135 cm³/mol. The maximum Gasteiger partial charge on any atom is 0.335 e. The molecule has 10 heteroatoms. The van der Waals surface area contributed by atoms with Gasteiger partial charge in [0.1, 0.15) is 30.5 Å². The van der Waals surface area contributed by atoms with E-state index in [2.05, 4.69) is 13.8 Å². The molecule has 2 N–H and O–H groups in total. The Bertz CT molecular complexity index is 1070. The molecule has 3 saturated heterocycles. The predicted octanol–water partition coefficient (Wildman–Crippen LogP) is 1.60. The van der Waals surface area contributed by atoms with Gasteiger partial charge in [0.15, 0.2) is 6.10 Å². The highest BCUT2D eigenvalue weighted by Gasteiger charge is 2.86. The van der Waals surface area contributed by atoms with Crippen LogP contribution < -0.4 is 0 Å². The largest absolute Gasteiger partial charge is 0.463 e. The van der Waals surface area contributed by atoms with Gasteiger partial charge in [-0.3, -0.25) is 0 Å². The molecule has 12 atom stereocenters. The summed E-state index contributed by atoms with van der Waals surface area (Å²) in [5.74, 6) is -1.63. The average molecular weight is 549 g/mol. The molecule has 10 nitrogen and oxygen atoms in total. The van der Waals surface area contributed by atoms with Gasteiger partial charge in [0.25, 0.3) is 0 Å². The number of aliphatic hydroxyl groups excluding tert-OH is 2. The van der Waals surface area contributed by atoms with E-state index in [1.807, 2.05) is 0 Å². The second-order valence-corrected chi connectivity index (χ2v) is 12.7. The number of fused-ring (bicyclic) bond motifs is 2. The van der Waals surface area contributed by atoms with Crippen LogP contribution in [0.4, 0.5) is 0 Å². The minimum Gasteiger partial charge on any atom is -0.463 e. The Morgan fingerprint density at radius 2 is 1.85 bits per heavy atom. The molecule has 2 aliphatic carbocycles. The van der Waals surface area contributed by atoms with Crippen LogP contribution in [0, 0.1) is 16.7 Å². The summed E-state index contributed by atoms with van der Waals surface area (Å²) in [6.07, 6.45) is 4.42. The van der Waals surface area contributed by atoms with Crippen LogP contribution in [0.25, 0.3) is 0 Å². The van der Waals surface area contributed by atoms with Gasteiger partial charge in [-0.15, -0.1) is 0 Å². The third-order valence-corrected chi connectivity index (χ3v) is 10.6. The van der Waals surface area contributed by atoms with Crippen molar-refractivity contribution in [2.24, 2.45) is 16.7 Å². The molecule has 4 aliphatic heterocycles. The van der Waals surface area contributed by atoms with Crippen molar-refractivity contribution in [3.05, 3.63) is 24.3 Å². The van der Waals surface area contributed by atoms with E-state index in [4.69, 9.17) is 28.4 Å². The van der Waals surface area contributed by atoms with Gasteiger partial charge in [0.2, 0.25) is 0 Å². The minimum absolute atomic E-state index is 0.00220. The van der Waals surface area contributed by atoms with E-state index in [0.717, 1.165) is 6.42 Å². The maximum absolute atomic E-state index is 13.2. The number of epoxide rings is 2. The molecule has 6 aliphatic rings. The molecule has 2 bridgehead atoms. The van der Waals surface area contributed by atoms with Crippen LogP contribution in [0.1, 0.15) is 53.4 Å². The summed E-state index contributed by atoms with van der Waals surface area (Å²) in [7, 11) is 0. The molecule has 2 spiro atoms. The van der Waals surface area contributed by atoms with E-state index >= 15 is 0 Å². The first-order chi connectivity index (χ1) is 18.5. The van der Waals surface area contributed by atoms with Gasteiger partial charge >= 0.3 is 11.9 Å². The fraction of sp³-hybridized carbons (Fsp3) is 0.793. The second-order valence-electron chi connectivity index (χ2n) is 12.7. The first-order valence-electron chi connectivity index (χ1n) is 14.1. The van der Waals surface area contributed by atoms with Crippen molar-refractivity contribution in [1.82, 2.24) is 0 Å². The van der Waals surface area contributed by atoms with Crippen LogP contribution in [0.2, 0.25) is 0 Å². The molecule has 0 aromatic carbocycles. The highest BCUT2D eigenvalue weighted by Crippen LogP contribution is 2.75. The monoisotopic (exact) mass is 548 g/mol. The summed E-state index contributed by atoms with van der Waals surface area (Å²) in [6.45, 7) is 8.23. The molecule has 0 radical (unpaired) electrons. The number of carbonyl (C=O) groups is 2. The van der Waals surface area contributed by atoms with Crippen LogP contribution in [-0.4, -0.2) is 95.9 Å². The first kappa shape index (κ1) is 27.4. The van der Waals surface area contributed by atoms with E-state index in [0.29, 0.717) is 25.9 Å². The quantitative estimate of drug-likeness (QED) is 0.367. The highest BCUT2D eigenvalue weighted by molar-refractivity contribution is 5.82. The van der Waals surface area contributed by atoms with Gasteiger partial charge in [-0.2, -0.15) is 0 Å². The summed E-state index contributed by atoms with van der Waals surface area (Å²) in [5.41, 5.74) is -2.35. The molecule has 0 amide bonds. The smallest absolute Gasteiger partial charge is 0.335 e. The Balaban J connectivity index is 1.36. The van der Waals surface area contributed by atoms with Crippen molar-refractivity contribution >= 4 is 11.9 Å². The maximum atomic E-state index is 13.2. The van der Waals surface area contributed by atoms with Crippen LogP contribution in [0.3, 0.4) is 0 Å². The van der Waals surface area contributed by atoms with Crippen LogP contribution in [0.15, 0.2) is 24.3 Å². The zero-order chi connectivity index (χ0) is 27.8. The Hall–Kier alpha value is -1.82. The SMILES string of the molecule is CC(O)C1/C=C/C=C/C(=O)OC2CC3OC4C5OC5(C)CCC4(COC(=O)C(O)C(C)CCO1)C2(C)C31CO1. The molecule has 6 rings (SSSR count). The second kappa shape index (κ2) is 9.36. The van der Waals surface area contributed by atoms with E-state index in [1.165, 1.54) is 6.08 Å². The minimum atomic E-state index is -1.34. The topological polar surface area (TPSA) is 137 Å². The van der Waals surface area contributed by atoms with Gasteiger partial charge in [-0.1, -0.05) is 32.1 Å². The lowest BCUT2D eigenvalue weighted by Crippen LogP contribution is -2.69. The number of cyclic esters (lactones) is 1. The van der Waals surface area contributed by atoms with Gasteiger partial charge in [0.05, 0.1) is 35.9 Å². The van der Waals surface area contributed by atoms with Gasteiger partial charge in [-0.25, -0.2) is 9.59 Å².